The van der Waals surface area contributed by atoms with Crippen molar-refractivity contribution in [2.75, 3.05) is 11.6 Å². The van der Waals surface area contributed by atoms with Crippen LogP contribution in [0.5, 0.6) is 0 Å². The number of nitrogens with one attached hydrogen (secondary N) is 1. The van der Waals surface area contributed by atoms with Gasteiger partial charge in [-0.15, -0.1) is 16.9 Å². The predicted octanol–water partition coefficient (Wildman–Crippen LogP) is 4.79. The van der Waals surface area contributed by atoms with Gasteiger partial charge in [-0.05, 0) is 40.8 Å². The van der Waals surface area contributed by atoms with Crippen LogP contribution in [-0.2, 0) is 11.2 Å². The monoisotopic (exact) mass is 375 g/mol. The molecule has 5 nitrogen and oxygen atoms in total. The molecule has 0 saturated heterocycles. The van der Waals surface area contributed by atoms with Crippen molar-refractivity contribution in [2.45, 2.75) is 11.3 Å². The quantitative estimate of drug-likeness (QED) is 0.508. The summed E-state index contributed by atoms with van der Waals surface area (Å²) in [7, 11) is 0. The number of thioether (sulfide) groups is 1. The van der Waals surface area contributed by atoms with Crippen LogP contribution in [0.15, 0.2) is 76.0 Å². The Morgan fingerprint density at radius 1 is 1.04 bits per heavy atom. The van der Waals surface area contributed by atoms with E-state index in [0.717, 1.165) is 26.8 Å². The average Bonchev–Trinajstić information content (AvgIpc) is 3.17. The molecule has 3 aromatic carbocycles. The maximum absolute atomic E-state index is 12.4. The Labute approximate surface area is 160 Å². The molecule has 0 radical (unpaired) electrons. The average molecular weight is 375 g/mol. The molecule has 134 valence electrons. The van der Waals surface area contributed by atoms with Crippen molar-refractivity contribution < 1.29 is 9.21 Å². The van der Waals surface area contributed by atoms with Crippen LogP contribution < -0.4 is 5.32 Å². The van der Waals surface area contributed by atoms with Crippen LogP contribution in [0.1, 0.15) is 5.56 Å². The van der Waals surface area contributed by atoms with E-state index >= 15 is 0 Å². The van der Waals surface area contributed by atoms with Crippen LogP contribution in [0.4, 0.5) is 6.01 Å². The largest absolute Gasteiger partial charge is 0.403 e. The van der Waals surface area contributed by atoms with Crippen LogP contribution in [0.2, 0.25) is 0 Å². The SMILES string of the molecule is CSc1cccc(-c2nnc(NC(=O)Cc3cccc4ccccc34)o2)c1. The Kier molecular flexibility index (Phi) is 4.89. The van der Waals surface area contributed by atoms with Crippen molar-refractivity contribution in [3.8, 4) is 11.5 Å². The van der Waals surface area contributed by atoms with Crippen LogP contribution in [0.25, 0.3) is 22.2 Å². The first kappa shape index (κ1) is 17.3. The van der Waals surface area contributed by atoms with Gasteiger partial charge < -0.3 is 4.42 Å². The number of amides is 1. The zero-order valence-corrected chi connectivity index (χ0v) is 15.5. The first-order valence-corrected chi connectivity index (χ1v) is 9.70. The van der Waals surface area contributed by atoms with Gasteiger partial charge in [-0.25, -0.2) is 0 Å². The minimum Gasteiger partial charge on any atom is -0.403 e. The van der Waals surface area contributed by atoms with E-state index in [0.29, 0.717) is 5.89 Å². The zero-order chi connectivity index (χ0) is 18.6. The number of hydrogen-bond acceptors (Lipinski definition) is 5. The van der Waals surface area contributed by atoms with E-state index in [4.69, 9.17) is 4.42 Å². The van der Waals surface area contributed by atoms with E-state index < -0.39 is 0 Å². The van der Waals surface area contributed by atoms with Crippen LogP contribution >= 0.6 is 11.8 Å². The summed E-state index contributed by atoms with van der Waals surface area (Å²) in [5.74, 6) is 0.186. The number of benzene rings is 3. The fourth-order valence-electron chi connectivity index (χ4n) is 2.93. The van der Waals surface area contributed by atoms with Crippen molar-refractivity contribution in [1.29, 1.82) is 0 Å². The molecular formula is C21H17N3O2S. The zero-order valence-electron chi connectivity index (χ0n) is 14.7. The highest BCUT2D eigenvalue weighted by Crippen LogP contribution is 2.25. The number of rotatable bonds is 5. The fourth-order valence-corrected chi connectivity index (χ4v) is 3.39. The highest BCUT2D eigenvalue weighted by atomic mass is 32.2. The van der Waals surface area contributed by atoms with E-state index in [2.05, 4.69) is 15.5 Å². The van der Waals surface area contributed by atoms with Crippen molar-refractivity contribution in [1.82, 2.24) is 10.2 Å². The first-order chi connectivity index (χ1) is 13.2. The van der Waals surface area contributed by atoms with E-state index in [-0.39, 0.29) is 18.3 Å². The molecule has 0 aliphatic rings. The maximum Gasteiger partial charge on any atom is 0.322 e. The molecule has 1 N–H and O–H groups in total. The van der Waals surface area contributed by atoms with Crippen molar-refractivity contribution in [3.05, 3.63) is 72.3 Å². The highest BCUT2D eigenvalue weighted by molar-refractivity contribution is 7.98. The summed E-state index contributed by atoms with van der Waals surface area (Å²) in [4.78, 5) is 13.5. The molecule has 1 aromatic heterocycles. The third-order valence-electron chi connectivity index (χ3n) is 4.22. The van der Waals surface area contributed by atoms with Gasteiger partial charge >= 0.3 is 6.01 Å². The number of hydrogen-bond donors (Lipinski definition) is 1. The van der Waals surface area contributed by atoms with Gasteiger partial charge in [0, 0.05) is 10.5 Å². The van der Waals surface area contributed by atoms with Gasteiger partial charge in [-0.2, -0.15) is 0 Å². The lowest BCUT2D eigenvalue weighted by molar-refractivity contribution is -0.115. The number of carbonyl (C=O) groups is 1. The molecule has 6 heteroatoms. The summed E-state index contributed by atoms with van der Waals surface area (Å²) in [6.07, 6.45) is 2.24. The molecule has 0 aliphatic carbocycles. The Bertz CT molecular complexity index is 1100. The van der Waals surface area contributed by atoms with E-state index in [1.807, 2.05) is 73.0 Å². The Morgan fingerprint density at radius 3 is 2.74 bits per heavy atom. The fraction of sp³-hybridized carbons (Fsp3) is 0.0952. The molecule has 4 aromatic rings. The van der Waals surface area contributed by atoms with Crippen LogP contribution in [0, 0.1) is 0 Å². The minimum absolute atomic E-state index is 0.102. The molecule has 0 aliphatic heterocycles. The summed E-state index contributed by atoms with van der Waals surface area (Å²) in [6.45, 7) is 0. The molecule has 0 spiro atoms. The second-order valence-electron chi connectivity index (χ2n) is 6.01. The van der Waals surface area contributed by atoms with E-state index in [1.165, 1.54) is 0 Å². The molecule has 0 atom stereocenters. The Hall–Kier alpha value is -3.12. The minimum atomic E-state index is -0.195. The second-order valence-corrected chi connectivity index (χ2v) is 6.89. The molecule has 0 bridgehead atoms. The lowest BCUT2D eigenvalue weighted by atomic mass is 10.0. The first-order valence-electron chi connectivity index (χ1n) is 8.47. The number of anilines is 1. The summed E-state index contributed by atoms with van der Waals surface area (Å²) >= 11 is 1.64. The van der Waals surface area contributed by atoms with Gasteiger partial charge in [0.05, 0.1) is 6.42 Å². The smallest absolute Gasteiger partial charge is 0.322 e. The lowest BCUT2D eigenvalue weighted by Gasteiger charge is -2.05. The van der Waals surface area contributed by atoms with Crippen LogP contribution in [-0.4, -0.2) is 22.4 Å². The van der Waals surface area contributed by atoms with E-state index in [1.54, 1.807) is 11.8 Å². The molecule has 0 saturated carbocycles. The molecule has 27 heavy (non-hydrogen) atoms. The predicted molar refractivity (Wildman–Crippen MR) is 108 cm³/mol. The Balaban J connectivity index is 1.49. The van der Waals surface area contributed by atoms with Gasteiger partial charge in [0.1, 0.15) is 0 Å². The summed E-state index contributed by atoms with van der Waals surface area (Å²) in [5.41, 5.74) is 1.78. The number of aromatic nitrogens is 2. The van der Waals surface area contributed by atoms with Crippen molar-refractivity contribution >= 4 is 34.5 Å². The summed E-state index contributed by atoms with van der Waals surface area (Å²) in [6, 6.07) is 21.9. The summed E-state index contributed by atoms with van der Waals surface area (Å²) in [5, 5.41) is 12.8. The number of nitrogens with zero attached hydrogens (tertiary/aromatic N) is 2. The van der Waals surface area contributed by atoms with Crippen LogP contribution in [0.3, 0.4) is 0 Å². The van der Waals surface area contributed by atoms with E-state index in [9.17, 15) is 4.79 Å². The molecule has 0 fully saturated rings. The van der Waals surface area contributed by atoms with Crippen molar-refractivity contribution in [3.63, 3.8) is 0 Å². The van der Waals surface area contributed by atoms with Gasteiger partial charge in [-0.3, -0.25) is 10.1 Å². The normalized spacial score (nSPS) is 10.9. The van der Waals surface area contributed by atoms with Gasteiger partial charge in [0.2, 0.25) is 11.8 Å². The Morgan fingerprint density at radius 2 is 1.85 bits per heavy atom. The third-order valence-corrected chi connectivity index (χ3v) is 4.94. The third kappa shape index (κ3) is 3.85. The van der Waals surface area contributed by atoms with Gasteiger partial charge in [-0.1, -0.05) is 53.6 Å². The molecular weight excluding hydrogens is 358 g/mol. The molecule has 4 rings (SSSR count). The topological polar surface area (TPSA) is 68.0 Å². The van der Waals surface area contributed by atoms with Gasteiger partial charge in [0.15, 0.2) is 0 Å². The summed E-state index contributed by atoms with van der Waals surface area (Å²) < 4.78 is 5.60. The molecule has 1 amide bonds. The number of fused-ring (bicyclic) bond motifs is 1. The maximum atomic E-state index is 12.4. The number of carbonyl (C=O) groups excluding carboxylic acids is 1. The highest BCUT2D eigenvalue weighted by Gasteiger charge is 2.13. The van der Waals surface area contributed by atoms with Gasteiger partial charge in [0.25, 0.3) is 0 Å². The lowest BCUT2D eigenvalue weighted by Crippen LogP contribution is -2.14. The second kappa shape index (κ2) is 7.63. The standard InChI is InChI=1S/C21H17N3O2S/c1-27-17-10-5-9-16(12-17)20-23-24-21(26-20)22-19(25)13-15-8-4-7-14-6-2-3-11-18(14)15/h2-12H,13H2,1H3,(H,22,24,25). The molecule has 1 heterocycles. The van der Waals surface area contributed by atoms with Crippen molar-refractivity contribution in [2.24, 2.45) is 0 Å². The molecule has 0 unspecified atom stereocenters.